The lowest BCUT2D eigenvalue weighted by atomic mass is 10.4. The van der Waals surface area contributed by atoms with Gasteiger partial charge in [0.2, 0.25) is 5.91 Å². The average Bonchev–Trinajstić information content (AvgIpc) is 3.17. The predicted octanol–water partition coefficient (Wildman–Crippen LogP) is 2.26. The predicted molar refractivity (Wildman–Crippen MR) is 103 cm³/mol. The van der Waals surface area contributed by atoms with Crippen LogP contribution in [0, 0.1) is 0 Å². The summed E-state index contributed by atoms with van der Waals surface area (Å²) in [5.74, 6) is 0.689. The molecule has 0 saturated heterocycles. The fourth-order valence-corrected chi connectivity index (χ4v) is 2.77. The number of hydrogen-bond acceptors (Lipinski definition) is 3. The molecule has 124 valence electrons. The Kier molecular flexibility index (Phi) is 8.77. The summed E-state index contributed by atoms with van der Waals surface area (Å²) >= 11 is 1.81. The molecule has 0 atom stereocenters. The third kappa shape index (κ3) is 6.95. The van der Waals surface area contributed by atoms with Gasteiger partial charge in [-0.15, -0.1) is 35.3 Å². The molecule has 7 heteroatoms. The zero-order valence-corrected chi connectivity index (χ0v) is 16.3. The van der Waals surface area contributed by atoms with Gasteiger partial charge >= 0.3 is 0 Å². The first-order valence-corrected chi connectivity index (χ1v) is 8.42. The fourth-order valence-electron chi connectivity index (χ4n) is 1.87. The molecule has 3 N–H and O–H groups in total. The molecule has 22 heavy (non-hydrogen) atoms. The van der Waals surface area contributed by atoms with Crippen molar-refractivity contribution in [3.8, 4) is 0 Å². The Bertz CT molecular complexity index is 499. The number of aryl methyl sites for hydroxylation is 1. The molecule has 1 aromatic rings. The van der Waals surface area contributed by atoms with Crippen molar-refractivity contribution in [1.82, 2.24) is 16.0 Å². The maximum absolute atomic E-state index is 11.6. The van der Waals surface area contributed by atoms with Gasteiger partial charge < -0.3 is 16.0 Å². The zero-order chi connectivity index (χ0) is 15.1. The molecule has 1 aromatic heterocycles. The number of nitrogens with one attached hydrogen (secondary N) is 3. The number of nitrogens with zero attached hydrogens (tertiary/aromatic N) is 1. The summed E-state index contributed by atoms with van der Waals surface area (Å²) in [6, 6.07) is 4.69. The first-order chi connectivity index (χ1) is 10.2. The van der Waals surface area contributed by atoms with E-state index in [1.54, 1.807) is 0 Å². The van der Waals surface area contributed by atoms with E-state index in [9.17, 15) is 4.79 Å². The van der Waals surface area contributed by atoms with E-state index in [0.29, 0.717) is 12.0 Å². The summed E-state index contributed by atoms with van der Waals surface area (Å²) in [4.78, 5) is 18.6. The van der Waals surface area contributed by atoms with Gasteiger partial charge in [0.25, 0.3) is 0 Å². The van der Waals surface area contributed by atoms with Gasteiger partial charge in [-0.2, -0.15) is 0 Å². The maximum atomic E-state index is 11.6. The van der Waals surface area contributed by atoms with Crippen molar-refractivity contribution < 1.29 is 4.79 Å². The Morgan fingerprint density at radius 1 is 1.27 bits per heavy atom. The number of halogens is 1. The van der Waals surface area contributed by atoms with Gasteiger partial charge in [0.15, 0.2) is 5.96 Å². The van der Waals surface area contributed by atoms with Crippen LogP contribution < -0.4 is 16.0 Å². The van der Waals surface area contributed by atoms with Crippen LogP contribution in [0.3, 0.4) is 0 Å². The zero-order valence-electron chi connectivity index (χ0n) is 13.1. The van der Waals surface area contributed by atoms with E-state index in [1.165, 1.54) is 9.75 Å². The summed E-state index contributed by atoms with van der Waals surface area (Å²) < 4.78 is 0. The van der Waals surface area contributed by atoms with E-state index >= 15 is 0 Å². The number of guanidine groups is 1. The maximum Gasteiger partial charge on any atom is 0.242 e. The quantitative estimate of drug-likeness (QED) is 0.349. The van der Waals surface area contributed by atoms with E-state index in [-0.39, 0.29) is 36.4 Å². The molecule has 1 saturated carbocycles. The van der Waals surface area contributed by atoms with Crippen LogP contribution in [0.5, 0.6) is 0 Å². The second kappa shape index (κ2) is 10.0. The Labute approximate surface area is 153 Å². The van der Waals surface area contributed by atoms with Gasteiger partial charge in [-0.05, 0) is 38.3 Å². The average molecular weight is 436 g/mol. The third-order valence-corrected chi connectivity index (χ3v) is 4.39. The summed E-state index contributed by atoms with van der Waals surface area (Å²) in [5, 5.41) is 9.37. The molecule has 1 amide bonds. The molecule has 1 fully saturated rings. The van der Waals surface area contributed by atoms with E-state index in [2.05, 4.69) is 40.0 Å². The molecule has 1 aliphatic carbocycles. The van der Waals surface area contributed by atoms with Crippen LogP contribution in [0.1, 0.15) is 36.4 Å². The Hall–Kier alpha value is -0.830. The second-order valence-corrected chi connectivity index (χ2v) is 6.36. The first-order valence-electron chi connectivity index (χ1n) is 7.60. The molecular weight excluding hydrogens is 411 g/mol. The lowest BCUT2D eigenvalue weighted by Crippen LogP contribution is -2.38. The molecule has 1 heterocycles. The van der Waals surface area contributed by atoms with Crippen molar-refractivity contribution in [2.45, 2.75) is 45.7 Å². The van der Waals surface area contributed by atoms with Gasteiger partial charge in [-0.25, -0.2) is 4.99 Å². The van der Waals surface area contributed by atoms with Crippen LogP contribution in [0.2, 0.25) is 0 Å². The highest BCUT2D eigenvalue weighted by molar-refractivity contribution is 14.0. The molecule has 2 rings (SSSR count). The third-order valence-electron chi connectivity index (χ3n) is 3.16. The van der Waals surface area contributed by atoms with Gasteiger partial charge in [0, 0.05) is 22.3 Å². The fraction of sp³-hybridized carbons (Fsp3) is 0.600. The first kappa shape index (κ1) is 19.2. The number of carbonyl (C=O) groups excluding carboxylic acids is 1. The molecule has 0 aliphatic heterocycles. The highest BCUT2D eigenvalue weighted by Crippen LogP contribution is 2.18. The highest BCUT2D eigenvalue weighted by atomic mass is 127. The van der Waals surface area contributed by atoms with Gasteiger partial charge in [0.1, 0.15) is 6.54 Å². The van der Waals surface area contributed by atoms with Crippen LogP contribution in [0.25, 0.3) is 0 Å². The minimum atomic E-state index is -0.000837. The monoisotopic (exact) mass is 436 g/mol. The van der Waals surface area contributed by atoms with E-state index in [1.807, 2.05) is 18.3 Å². The minimum absolute atomic E-state index is 0. The molecule has 1 aliphatic rings. The minimum Gasteiger partial charge on any atom is -0.357 e. The van der Waals surface area contributed by atoms with Crippen LogP contribution in [0.4, 0.5) is 0 Å². The second-order valence-electron chi connectivity index (χ2n) is 5.11. The molecule has 0 spiro atoms. The van der Waals surface area contributed by atoms with Crippen molar-refractivity contribution in [1.29, 1.82) is 0 Å². The summed E-state index contributed by atoms with van der Waals surface area (Å²) in [5.41, 5.74) is 0. The molecule has 0 bridgehead atoms. The number of rotatable bonds is 7. The number of aliphatic imine (C=N–C) groups is 1. The van der Waals surface area contributed by atoms with Gasteiger partial charge in [-0.3, -0.25) is 4.79 Å². The van der Waals surface area contributed by atoms with Crippen LogP contribution >= 0.6 is 35.3 Å². The standard InChI is InChI=1S/C15H24N4OS.HI/c1-3-12-7-8-13(21-12)9-17-15(16-4-2)18-10-14(20)19-11-5-6-11;/h7-8,11H,3-6,9-10H2,1-2H3,(H,19,20)(H2,16,17,18);1H. The van der Waals surface area contributed by atoms with Crippen molar-refractivity contribution in [3.05, 3.63) is 21.9 Å². The number of carbonyl (C=O) groups is 1. The normalized spacial score (nSPS) is 14.2. The molecule has 5 nitrogen and oxygen atoms in total. The number of amides is 1. The van der Waals surface area contributed by atoms with Crippen molar-refractivity contribution in [3.63, 3.8) is 0 Å². The number of hydrogen-bond donors (Lipinski definition) is 3. The van der Waals surface area contributed by atoms with Crippen molar-refractivity contribution >= 4 is 47.2 Å². The Balaban J connectivity index is 0.00000242. The highest BCUT2D eigenvalue weighted by Gasteiger charge is 2.22. The van der Waals surface area contributed by atoms with Crippen LogP contribution in [-0.4, -0.2) is 31.0 Å². The lowest BCUT2D eigenvalue weighted by Gasteiger charge is -2.10. The van der Waals surface area contributed by atoms with E-state index < -0.39 is 0 Å². The van der Waals surface area contributed by atoms with Crippen molar-refractivity contribution in [2.24, 2.45) is 4.99 Å². The SMILES string of the molecule is CCNC(=NCC(=O)NC1CC1)NCc1ccc(CC)s1.I. The molecular formula is C15H25IN4OS. The smallest absolute Gasteiger partial charge is 0.242 e. The lowest BCUT2D eigenvalue weighted by molar-refractivity contribution is -0.119. The molecule has 0 aromatic carbocycles. The summed E-state index contributed by atoms with van der Waals surface area (Å²) in [6.45, 7) is 5.87. The van der Waals surface area contributed by atoms with E-state index in [4.69, 9.17) is 0 Å². The Morgan fingerprint density at radius 3 is 2.59 bits per heavy atom. The topological polar surface area (TPSA) is 65.5 Å². The molecule has 0 unspecified atom stereocenters. The Morgan fingerprint density at radius 2 is 2.00 bits per heavy atom. The number of thiophene rings is 1. The van der Waals surface area contributed by atoms with E-state index in [0.717, 1.165) is 32.4 Å². The molecule has 0 radical (unpaired) electrons. The summed E-state index contributed by atoms with van der Waals surface area (Å²) in [6.07, 6.45) is 3.28. The summed E-state index contributed by atoms with van der Waals surface area (Å²) in [7, 11) is 0. The van der Waals surface area contributed by atoms with Crippen molar-refractivity contribution in [2.75, 3.05) is 13.1 Å². The van der Waals surface area contributed by atoms with Gasteiger partial charge in [0.05, 0.1) is 6.54 Å². The largest absolute Gasteiger partial charge is 0.357 e. The van der Waals surface area contributed by atoms with Gasteiger partial charge in [-0.1, -0.05) is 6.92 Å². The van der Waals surface area contributed by atoms with Crippen LogP contribution in [0.15, 0.2) is 17.1 Å². The van der Waals surface area contributed by atoms with Crippen LogP contribution in [-0.2, 0) is 17.8 Å².